The molecule has 2 atom stereocenters. The van der Waals surface area contributed by atoms with Crippen LogP contribution in [0.3, 0.4) is 0 Å². The molecule has 124 valence electrons. The molecule has 2 rings (SSSR count). The Morgan fingerprint density at radius 2 is 2.05 bits per heavy atom. The molecule has 1 aromatic rings. The fourth-order valence-electron chi connectivity index (χ4n) is 2.74. The van der Waals surface area contributed by atoms with Gasteiger partial charge in [0.1, 0.15) is 6.10 Å². The van der Waals surface area contributed by atoms with E-state index in [0.29, 0.717) is 13.2 Å². The van der Waals surface area contributed by atoms with Gasteiger partial charge in [-0.05, 0) is 25.8 Å². The van der Waals surface area contributed by atoms with Crippen LogP contribution in [0.2, 0.25) is 0 Å². The topological polar surface area (TPSA) is 55.6 Å². The molecule has 1 saturated heterocycles. The molecule has 0 aliphatic carbocycles. The van der Waals surface area contributed by atoms with E-state index in [9.17, 15) is 4.79 Å². The summed E-state index contributed by atoms with van der Waals surface area (Å²) in [5, 5.41) is 0. The third-order valence-electron chi connectivity index (χ3n) is 4.07. The fourth-order valence-corrected chi connectivity index (χ4v) is 2.74. The Kier molecular flexibility index (Phi) is 6.85. The van der Waals surface area contributed by atoms with Crippen molar-refractivity contribution in [1.29, 1.82) is 0 Å². The number of amides is 1. The van der Waals surface area contributed by atoms with Crippen LogP contribution in [-0.4, -0.2) is 35.5 Å². The molecule has 1 amide bonds. The first-order valence-electron chi connectivity index (χ1n) is 7.69. The van der Waals surface area contributed by atoms with Crippen molar-refractivity contribution in [3.05, 3.63) is 35.9 Å². The minimum absolute atomic E-state index is 0. The third-order valence-corrected chi connectivity index (χ3v) is 4.07. The summed E-state index contributed by atoms with van der Waals surface area (Å²) in [5.41, 5.74) is 6.83. The number of nitrogens with zero attached hydrogens (tertiary/aromatic N) is 1. The van der Waals surface area contributed by atoms with Gasteiger partial charge in [0.15, 0.2) is 0 Å². The van der Waals surface area contributed by atoms with Crippen LogP contribution in [0.25, 0.3) is 0 Å². The van der Waals surface area contributed by atoms with E-state index in [2.05, 4.69) is 0 Å². The van der Waals surface area contributed by atoms with Gasteiger partial charge in [-0.2, -0.15) is 0 Å². The van der Waals surface area contributed by atoms with Crippen LogP contribution in [0.1, 0.15) is 45.3 Å². The van der Waals surface area contributed by atoms with Crippen LogP contribution in [0, 0.1) is 0 Å². The molecular formula is C17H27ClN2O2. The lowest BCUT2D eigenvalue weighted by molar-refractivity contribution is -0.156. The predicted molar refractivity (Wildman–Crippen MR) is 91.1 cm³/mol. The molecule has 2 N–H and O–H groups in total. The fraction of sp³-hybridized carbons (Fsp3) is 0.588. The van der Waals surface area contributed by atoms with E-state index in [4.69, 9.17) is 10.5 Å². The van der Waals surface area contributed by atoms with Gasteiger partial charge in [-0.1, -0.05) is 43.7 Å². The van der Waals surface area contributed by atoms with Crippen LogP contribution >= 0.6 is 12.4 Å². The van der Waals surface area contributed by atoms with Gasteiger partial charge in [-0.15, -0.1) is 12.4 Å². The molecule has 0 spiro atoms. The first kappa shape index (κ1) is 18.9. The van der Waals surface area contributed by atoms with Gasteiger partial charge < -0.3 is 15.4 Å². The van der Waals surface area contributed by atoms with E-state index in [-0.39, 0.29) is 30.0 Å². The number of halogens is 1. The number of rotatable bonds is 4. The molecule has 1 heterocycles. The first-order valence-corrected chi connectivity index (χ1v) is 7.69. The highest BCUT2D eigenvalue weighted by molar-refractivity contribution is 5.85. The normalized spacial score (nSPS) is 21.8. The van der Waals surface area contributed by atoms with Gasteiger partial charge in [0.05, 0.1) is 24.7 Å². The summed E-state index contributed by atoms with van der Waals surface area (Å²) in [7, 11) is 0. The van der Waals surface area contributed by atoms with E-state index in [1.54, 1.807) is 0 Å². The van der Waals surface area contributed by atoms with Gasteiger partial charge in [-0.3, -0.25) is 4.79 Å². The van der Waals surface area contributed by atoms with Gasteiger partial charge >= 0.3 is 0 Å². The third kappa shape index (κ3) is 4.22. The Labute approximate surface area is 139 Å². The molecule has 0 radical (unpaired) electrons. The van der Waals surface area contributed by atoms with Crippen LogP contribution in [0.15, 0.2) is 30.3 Å². The molecule has 0 bridgehead atoms. The van der Waals surface area contributed by atoms with Crippen molar-refractivity contribution in [3.8, 4) is 0 Å². The highest BCUT2D eigenvalue weighted by atomic mass is 35.5. The second-order valence-corrected chi connectivity index (χ2v) is 6.37. The molecule has 0 saturated carbocycles. The molecule has 5 heteroatoms. The average Bonchev–Trinajstić information content (AvgIpc) is 2.47. The van der Waals surface area contributed by atoms with Gasteiger partial charge in [-0.25, -0.2) is 0 Å². The monoisotopic (exact) mass is 326 g/mol. The Hall–Kier alpha value is -1.10. The highest BCUT2D eigenvalue weighted by Gasteiger charge is 2.39. The molecule has 1 aromatic carbocycles. The number of ether oxygens (including phenoxy) is 1. The van der Waals surface area contributed by atoms with E-state index in [1.165, 1.54) is 0 Å². The summed E-state index contributed by atoms with van der Waals surface area (Å²) in [6.45, 7) is 7.20. The van der Waals surface area contributed by atoms with Crippen molar-refractivity contribution in [3.63, 3.8) is 0 Å². The second-order valence-electron chi connectivity index (χ2n) is 6.37. The van der Waals surface area contributed by atoms with Crippen molar-refractivity contribution >= 4 is 18.3 Å². The minimum Gasteiger partial charge on any atom is -0.369 e. The zero-order valence-electron chi connectivity index (χ0n) is 13.6. The molecular weight excluding hydrogens is 300 g/mol. The molecule has 1 aliphatic rings. The number of carbonyl (C=O) groups is 1. The highest BCUT2D eigenvalue weighted by Crippen LogP contribution is 2.30. The molecule has 2 unspecified atom stereocenters. The number of morpholine rings is 1. The molecule has 22 heavy (non-hydrogen) atoms. The van der Waals surface area contributed by atoms with Gasteiger partial charge in [0, 0.05) is 0 Å². The van der Waals surface area contributed by atoms with Crippen molar-refractivity contribution < 1.29 is 9.53 Å². The van der Waals surface area contributed by atoms with Crippen molar-refractivity contribution in [2.75, 3.05) is 13.2 Å². The number of benzene rings is 1. The van der Waals surface area contributed by atoms with Crippen LogP contribution in [0.5, 0.6) is 0 Å². The maximum atomic E-state index is 12.6. The Morgan fingerprint density at radius 1 is 1.41 bits per heavy atom. The SMILES string of the molecule is CCCC(N)C(=O)N1CC(c2ccccc2)OCC1(C)C.Cl. The second kappa shape index (κ2) is 7.95. The number of nitrogens with two attached hydrogens (primary N) is 1. The number of hydrogen-bond acceptors (Lipinski definition) is 3. The van der Waals surface area contributed by atoms with Crippen molar-refractivity contribution in [2.24, 2.45) is 5.73 Å². The molecule has 0 aromatic heterocycles. The maximum absolute atomic E-state index is 12.6. The molecule has 4 nitrogen and oxygen atoms in total. The zero-order valence-corrected chi connectivity index (χ0v) is 14.4. The summed E-state index contributed by atoms with van der Waals surface area (Å²) >= 11 is 0. The Bertz CT molecular complexity index is 479. The molecule has 1 fully saturated rings. The minimum atomic E-state index is -0.413. The van der Waals surface area contributed by atoms with E-state index in [1.807, 2.05) is 56.0 Å². The zero-order chi connectivity index (χ0) is 15.5. The number of hydrogen-bond donors (Lipinski definition) is 1. The van der Waals surface area contributed by atoms with Crippen molar-refractivity contribution in [1.82, 2.24) is 4.90 Å². The summed E-state index contributed by atoms with van der Waals surface area (Å²) in [6, 6.07) is 9.63. The quantitative estimate of drug-likeness (QED) is 0.925. The Morgan fingerprint density at radius 3 is 2.64 bits per heavy atom. The van der Waals surface area contributed by atoms with E-state index < -0.39 is 6.04 Å². The van der Waals surface area contributed by atoms with Crippen molar-refractivity contribution in [2.45, 2.75) is 51.3 Å². The lowest BCUT2D eigenvalue weighted by Crippen LogP contribution is -2.59. The van der Waals surface area contributed by atoms with Gasteiger partial charge in [0.25, 0.3) is 0 Å². The lowest BCUT2D eigenvalue weighted by Gasteiger charge is -2.46. The summed E-state index contributed by atoms with van der Waals surface area (Å²) in [6.07, 6.45) is 1.57. The smallest absolute Gasteiger partial charge is 0.240 e. The van der Waals surface area contributed by atoms with Crippen LogP contribution in [-0.2, 0) is 9.53 Å². The summed E-state index contributed by atoms with van der Waals surface area (Å²) in [4.78, 5) is 14.5. The lowest BCUT2D eigenvalue weighted by atomic mass is 9.96. The van der Waals surface area contributed by atoms with Crippen LogP contribution < -0.4 is 5.73 Å². The van der Waals surface area contributed by atoms with Gasteiger partial charge in [0.2, 0.25) is 5.91 Å². The first-order chi connectivity index (χ1) is 9.95. The maximum Gasteiger partial charge on any atom is 0.240 e. The standard InChI is InChI=1S/C17H26N2O2.ClH/c1-4-8-14(18)16(20)19-11-15(21-12-17(19,2)3)13-9-6-5-7-10-13;/h5-7,9-10,14-15H,4,8,11-12,18H2,1-3H3;1H. The summed E-state index contributed by atoms with van der Waals surface area (Å²) < 4.78 is 5.96. The number of carbonyl (C=O) groups excluding carboxylic acids is 1. The van der Waals surface area contributed by atoms with E-state index in [0.717, 1.165) is 18.4 Å². The Balaban J connectivity index is 0.00000242. The summed E-state index contributed by atoms with van der Waals surface area (Å²) in [5.74, 6) is 0.0334. The average molecular weight is 327 g/mol. The molecule has 1 aliphatic heterocycles. The van der Waals surface area contributed by atoms with Crippen LogP contribution in [0.4, 0.5) is 0 Å². The van der Waals surface area contributed by atoms with E-state index >= 15 is 0 Å². The largest absolute Gasteiger partial charge is 0.369 e. The predicted octanol–water partition coefficient (Wildman–Crippen LogP) is 2.91.